The molecular weight excluding hydrogens is 982 g/mol. The number of imidazole rings is 1. The molecule has 0 spiro atoms. The number of aromatic nitrogens is 3. The van der Waals surface area contributed by atoms with E-state index in [0.717, 1.165) is 66.7 Å². The van der Waals surface area contributed by atoms with Crippen molar-refractivity contribution in [3.05, 3.63) is 193 Å². The molecule has 0 atom stereocenters. The largest absolute Gasteiger partial charge is 0.501 e. The molecule has 0 saturated heterocycles. The number of rotatable bonds is 8. The topological polar surface area (TPSA) is 43.9 Å². The zero-order valence-electron chi connectivity index (χ0n) is 37.2. The van der Waals surface area contributed by atoms with Gasteiger partial charge in [-0.1, -0.05) is 137 Å². The van der Waals surface area contributed by atoms with E-state index in [2.05, 4.69) is 160 Å². The van der Waals surface area contributed by atoms with Crippen molar-refractivity contribution in [2.24, 2.45) is 0 Å². The van der Waals surface area contributed by atoms with Gasteiger partial charge in [0.1, 0.15) is 11.4 Å². The molecule has 0 amide bonds. The van der Waals surface area contributed by atoms with Crippen LogP contribution in [0.4, 0.5) is 4.39 Å². The van der Waals surface area contributed by atoms with E-state index in [1.807, 2.05) is 48.7 Å². The maximum absolute atomic E-state index is 13.6. The van der Waals surface area contributed by atoms with E-state index in [9.17, 15) is 4.39 Å². The third-order valence-electron chi connectivity index (χ3n) is 11.8. The second kappa shape index (κ2) is 18.5. The van der Waals surface area contributed by atoms with Gasteiger partial charge in [0.25, 0.3) is 0 Å². The number of pyridine rings is 1. The SMILES string of the molecule is CC(C)c1cc(-c2ccccc2)cc(C(C)C)c1-n1c(-c2[c-]ccc3c2oc2cc(-c4ccc(F)cc4)ccc23)nc2ccccc21.C[Si](C)(C)c1ccc(-c2[c-]cccc2)nc1.[Ir]. The summed E-state index contributed by atoms with van der Waals surface area (Å²) in [5, 5.41) is 3.42. The third kappa shape index (κ3) is 8.81. The normalized spacial score (nSPS) is 11.6. The Morgan fingerprint density at radius 2 is 1.30 bits per heavy atom. The Morgan fingerprint density at radius 1 is 0.625 bits per heavy atom. The second-order valence-electron chi connectivity index (χ2n) is 17.8. The smallest absolute Gasteiger partial charge is 0.123 e. The van der Waals surface area contributed by atoms with E-state index in [0.29, 0.717) is 0 Å². The van der Waals surface area contributed by atoms with E-state index in [4.69, 9.17) is 9.40 Å². The van der Waals surface area contributed by atoms with Crippen LogP contribution in [0, 0.1) is 17.9 Å². The van der Waals surface area contributed by atoms with Crippen LogP contribution in [0.3, 0.4) is 0 Å². The fourth-order valence-corrected chi connectivity index (χ4v) is 9.35. The summed E-state index contributed by atoms with van der Waals surface area (Å²) in [5.41, 5.74) is 14.4. The number of furan rings is 1. The zero-order valence-corrected chi connectivity index (χ0v) is 40.6. The molecule has 3 aromatic heterocycles. The van der Waals surface area contributed by atoms with E-state index in [-0.39, 0.29) is 37.8 Å². The molecule has 10 rings (SSSR count). The number of fused-ring (bicyclic) bond motifs is 4. The van der Waals surface area contributed by atoms with Crippen LogP contribution in [0.2, 0.25) is 19.6 Å². The Bertz CT molecular complexity index is 3180. The predicted octanol–water partition coefficient (Wildman–Crippen LogP) is 15.2. The minimum Gasteiger partial charge on any atom is -0.501 e. The van der Waals surface area contributed by atoms with Crippen LogP contribution in [0.15, 0.2) is 168 Å². The average Bonchev–Trinajstić information content (AvgIpc) is 3.88. The quantitative estimate of drug-likeness (QED) is 0.113. The molecular formula is C57H50FIrN3OSi-2. The molecule has 1 radical (unpaired) electrons. The standard InChI is InChI=1S/C43H34FN2O.C14H16NSi.Ir/c1-26(2)36-23-31(28-11-6-5-7-12-28)24-37(27(3)4)41(36)46-39-16-9-8-15-38(39)45-43(46)35-14-10-13-34-33-22-19-30(25-40(33)47-42(34)35)29-17-20-32(44)21-18-29;1-16(2,3)13-9-10-14(15-11-13)12-7-5-4-6-8-12;/h5-13,15-27H,1-4H3;4-7,9-11H,1-3H3;/q2*-1;. The minimum absolute atomic E-state index is 0. The van der Waals surface area contributed by atoms with Crippen molar-refractivity contribution in [3.63, 3.8) is 0 Å². The maximum atomic E-state index is 13.6. The van der Waals surface area contributed by atoms with Gasteiger partial charge in [-0.05, 0) is 98.6 Å². The molecule has 4 nitrogen and oxygen atoms in total. The van der Waals surface area contributed by atoms with Gasteiger partial charge in [0.05, 0.1) is 30.5 Å². The van der Waals surface area contributed by atoms with Crippen LogP contribution in [0.25, 0.3) is 83.6 Å². The van der Waals surface area contributed by atoms with Gasteiger partial charge < -0.3 is 14.0 Å². The van der Waals surface area contributed by atoms with Crippen molar-refractivity contribution in [2.45, 2.75) is 59.2 Å². The van der Waals surface area contributed by atoms with Crippen molar-refractivity contribution in [1.29, 1.82) is 0 Å². The van der Waals surface area contributed by atoms with E-state index < -0.39 is 8.07 Å². The molecule has 64 heavy (non-hydrogen) atoms. The number of para-hydroxylation sites is 2. The number of halogens is 1. The second-order valence-corrected chi connectivity index (χ2v) is 22.9. The summed E-state index contributed by atoms with van der Waals surface area (Å²) in [6, 6.07) is 59.4. The molecule has 7 heteroatoms. The van der Waals surface area contributed by atoms with E-state index in [1.54, 1.807) is 12.1 Å². The van der Waals surface area contributed by atoms with Gasteiger partial charge in [-0.25, -0.2) is 4.39 Å². The summed E-state index contributed by atoms with van der Waals surface area (Å²) in [5.74, 6) is 1.07. The van der Waals surface area contributed by atoms with Gasteiger partial charge in [-0.2, -0.15) is 0 Å². The molecule has 3 heterocycles. The van der Waals surface area contributed by atoms with Gasteiger partial charge in [0, 0.05) is 37.4 Å². The van der Waals surface area contributed by atoms with Crippen molar-refractivity contribution in [3.8, 4) is 50.6 Å². The Hall–Kier alpha value is -6.24. The third-order valence-corrected chi connectivity index (χ3v) is 13.8. The average molecular weight is 1030 g/mol. The van der Waals surface area contributed by atoms with Crippen LogP contribution in [-0.4, -0.2) is 22.6 Å². The molecule has 0 saturated carbocycles. The Kier molecular flexibility index (Phi) is 12.8. The zero-order chi connectivity index (χ0) is 43.8. The first-order valence-corrected chi connectivity index (χ1v) is 25.2. The Labute approximate surface area is 390 Å². The molecule has 0 N–H and O–H groups in total. The van der Waals surface area contributed by atoms with Crippen molar-refractivity contribution in [2.75, 3.05) is 0 Å². The molecule has 0 fully saturated rings. The molecule has 10 aromatic rings. The fourth-order valence-electron chi connectivity index (χ4n) is 8.31. The van der Waals surface area contributed by atoms with Gasteiger partial charge in [-0.15, -0.1) is 54.1 Å². The van der Waals surface area contributed by atoms with Gasteiger partial charge in [0.2, 0.25) is 0 Å². The maximum Gasteiger partial charge on any atom is 0.123 e. The minimum atomic E-state index is -1.23. The number of benzene rings is 7. The van der Waals surface area contributed by atoms with Gasteiger partial charge in [-0.3, -0.25) is 4.98 Å². The fraction of sp³-hybridized carbons (Fsp3) is 0.158. The molecule has 0 aliphatic heterocycles. The molecule has 0 aliphatic carbocycles. The summed E-state index contributed by atoms with van der Waals surface area (Å²) >= 11 is 0. The summed E-state index contributed by atoms with van der Waals surface area (Å²) in [6.45, 7) is 16.1. The van der Waals surface area contributed by atoms with E-state index >= 15 is 0 Å². The van der Waals surface area contributed by atoms with Crippen molar-refractivity contribution in [1.82, 2.24) is 14.5 Å². The predicted molar refractivity (Wildman–Crippen MR) is 263 cm³/mol. The first-order valence-electron chi connectivity index (χ1n) is 21.7. The first kappa shape index (κ1) is 44.4. The van der Waals surface area contributed by atoms with Crippen molar-refractivity contribution < 1.29 is 28.9 Å². The van der Waals surface area contributed by atoms with Crippen LogP contribution in [0.5, 0.6) is 0 Å². The first-order chi connectivity index (χ1) is 30.4. The summed E-state index contributed by atoms with van der Waals surface area (Å²) < 4.78 is 22.7. The molecule has 0 bridgehead atoms. The van der Waals surface area contributed by atoms with Crippen molar-refractivity contribution >= 4 is 46.2 Å². The van der Waals surface area contributed by atoms with Crippen LogP contribution in [0.1, 0.15) is 50.7 Å². The van der Waals surface area contributed by atoms with Crippen LogP contribution < -0.4 is 5.19 Å². The number of hydrogen-bond donors (Lipinski definition) is 0. The van der Waals surface area contributed by atoms with Crippen LogP contribution in [-0.2, 0) is 20.1 Å². The number of hydrogen-bond acceptors (Lipinski definition) is 3. The molecule has 7 aromatic carbocycles. The van der Waals surface area contributed by atoms with Crippen LogP contribution >= 0.6 is 0 Å². The number of nitrogens with zero attached hydrogens (tertiary/aromatic N) is 3. The van der Waals surface area contributed by atoms with Gasteiger partial charge >= 0.3 is 0 Å². The van der Waals surface area contributed by atoms with E-state index in [1.165, 1.54) is 45.3 Å². The molecule has 0 aliphatic rings. The monoisotopic (exact) mass is 1030 g/mol. The molecule has 321 valence electrons. The Morgan fingerprint density at radius 3 is 1.95 bits per heavy atom. The van der Waals surface area contributed by atoms with Gasteiger partial charge in [0.15, 0.2) is 0 Å². The Balaban J connectivity index is 0.000000279. The molecule has 0 unspecified atom stereocenters. The summed E-state index contributed by atoms with van der Waals surface area (Å²) in [6.07, 6.45) is 2.02. The summed E-state index contributed by atoms with van der Waals surface area (Å²) in [4.78, 5) is 9.79. The summed E-state index contributed by atoms with van der Waals surface area (Å²) in [7, 11) is -1.23.